The van der Waals surface area contributed by atoms with Gasteiger partial charge in [0, 0.05) is 36.0 Å². The molecule has 9 heteroatoms. The van der Waals surface area contributed by atoms with Crippen molar-refractivity contribution < 1.29 is 24.0 Å². The number of carbonyl (C=O) groups excluding carboxylic acids is 2. The van der Waals surface area contributed by atoms with Gasteiger partial charge < -0.3 is 14.8 Å². The first-order chi connectivity index (χ1) is 23.1. The molecule has 254 valence electrons. The van der Waals surface area contributed by atoms with E-state index in [9.17, 15) is 19.7 Å². The number of nitro benzene ring substituents is 1. The zero-order chi connectivity index (χ0) is 34.8. The number of nitro groups is 1. The van der Waals surface area contributed by atoms with E-state index in [1.54, 1.807) is 26.0 Å². The summed E-state index contributed by atoms with van der Waals surface area (Å²) in [7, 11) is 1.27. The van der Waals surface area contributed by atoms with Crippen LogP contribution in [0.3, 0.4) is 0 Å². The number of dihydropyridines is 1. The van der Waals surface area contributed by atoms with E-state index in [0.29, 0.717) is 36.3 Å². The Morgan fingerprint density at radius 1 is 0.875 bits per heavy atom. The molecule has 0 aliphatic carbocycles. The number of allylic oxidation sites excluding steroid dienone is 2. The van der Waals surface area contributed by atoms with Crippen molar-refractivity contribution in [3.63, 3.8) is 0 Å². The number of esters is 2. The van der Waals surface area contributed by atoms with Crippen molar-refractivity contribution in [2.45, 2.75) is 71.3 Å². The van der Waals surface area contributed by atoms with Crippen molar-refractivity contribution in [1.82, 2.24) is 10.2 Å². The summed E-state index contributed by atoms with van der Waals surface area (Å²) in [6, 6.07) is 27.0. The molecule has 0 bridgehead atoms. The van der Waals surface area contributed by atoms with E-state index in [1.165, 1.54) is 30.4 Å². The highest BCUT2D eigenvalue weighted by Crippen LogP contribution is 2.41. The van der Waals surface area contributed by atoms with Crippen LogP contribution in [0, 0.1) is 10.1 Å². The molecule has 4 rings (SSSR count). The number of non-ortho nitro benzene ring substituents is 1. The molecule has 9 nitrogen and oxygen atoms in total. The quantitative estimate of drug-likeness (QED) is 0.101. The van der Waals surface area contributed by atoms with E-state index in [4.69, 9.17) is 9.47 Å². The third-order valence-corrected chi connectivity index (χ3v) is 9.49. The standard InChI is InChI=1S/C39H47N3O6/c1-7-39(8-2,26-41(9-3)24-23-33(29-17-12-10-13-18-29)30-19-14-11-15-20-30)48-38(44)35-28(5)40-27(4)34(37(43)47-6)36(35)31-21-16-22-32(25-31)42(45)46/h10-22,25,33,36,40H,7-9,23-24,26H2,1-6H3/t36-/m1/s1. The topological polar surface area (TPSA) is 111 Å². The number of hydrogen-bond acceptors (Lipinski definition) is 8. The van der Waals surface area contributed by atoms with Crippen LogP contribution in [-0.2, 0) is 19.1 Å². The Balaban J connectivity index is 1.63. The molecule has 3 aromatic carbocycles. The second-order valence-electron chi connectivity index (χ2n) is 12.3. The van der Waals surface area contributed by atoms with Crippen LogP contribution in [-0.4, -0.2) is 54.1 Å². The lowest BCUT2D eigenvalue weighted by atomic mass is 9.80. The Morgan fingerprint density at radius 3 is 1.94 bits per heavy atom. The van der Waals surface area contributed by atoms with Gasteiger partial charge in [-0.2, -0.15) is 0 Å². The minimum Gasteiger partial charge on any atom is -0.466 e. The monoisotopic (exact) mass is 653 g/mol. The summed E-state index contributed by atoms with van der Waals surface area (Å²) in [5.74, 6) is -1.91. The highest BCUT2D eigenvalue weighted by molar-refractivity contribution is 6.00. The van der Waals surface area contributed by atoms with Crippen LogP contribution in [0.1, 0.15) is 82.4 Å². The van der Waals surface area contributed by atoms with Crippen LogP contribution in [0.15, 0.2) is 107 Å². The second kappa shape index (κ2) is 16.4. The van der Waals surface area contributed by atoms with E-state index >= 15 is 0 Å². The van der Waals surface area contributed by atoms with Crippen molar-refractivity contribution in [3.05, 3.63) is 134 Å². The second-order valence-corrected chi connectivity index (χ2v) is 12.3. The van der Waals surface area contributed by atoms with Crippen LogP contribution in [0.5, 0.6) is 0 Å². The first-order valence-electron chi connectivity index (χ1n) is 16.6. The average Bonchev–Trinajstić information content (AvgIpc) is 3.11. The number of likely N-dealkylation sites (N-methyl/N-ethyl adjacent to an activating group) is 1. The summed E-state index contributed by atoms with van der Waals surface area (Å²) < 4.78 is 11.6. The summed E-state index contributed by atoms with van der Waals surface area (Å²) in [5, 5.41) is 14.8. The maximum Gasteiger partial charge on any atom is 0.337 e. The molecule has 1 N–H and O–H groups in total. The maximum atomic E-state index is 14.4. The van der Waals surface area contributed by atoms with Gasteiger partial charge in [0.2, 0.25) is 0 Å². The highest BCUT2D eigenvalue weighted by atomic mass is 16.6. The molecule has 0 saturated heterocycles. The molecule has 0 fully saturated rings. The van der Waals surface area contributed by atoms with Crippen molar-refractivity contribution in [2.75, 3.05) is 26.7 Å². The number of benzene rings is 3. The molecule has 1 atom stereocenters. The molecular weight excluding hydrogens is 606 g/mol. The fourth-order valence-corrected chi connectivity index (χ4v) is 6.66. The average molecular weight is 654 g/mol. The van der Waals surface area contributed by atoms with Gasteiger partial charge in [0.05, 0.1) is 29.1 Å². The van der Waals surface area contributed by atoms with E-state index in [0.717, 1.165) is 19.5 Å². The van der Waals surface area contributed by atoms with Crippen molar-refractivity contribution >= 4 is 17.6 Å². The fourth-order valence-electron chi connectivity index (χ4n) is 6.66. The molecule has 48 heavy (non-hydrogen) atoms. The molecule has 0 saturated carbocycles. The summed E-state index contributed by atoms with van der Waals surface area (Å²) in [6.07, 6.45) is 2.04. The van der Waals surface area contributed by atoms with Crippen LogP contribution >= 0.6 is 0 Å². The van der Waals surface area contributed by atoms with Crippen LogP contribution < -0.4 is 5.32 Å². The van der Waals surface area contributed by atoms with Gasteiger partial charge in [0.25, 0.3) is 5.69 Å². The Bertz CT molecular complexity index is 1610. The van der Waals surface area contributed by atoms with Gasteiger partial charge in [-0.3, -0.25) is 15.0 Å². The third-order valence-electron chi connectivity index (χ3n) is 9.49. The van der Waals surface area contributed by atoms with Gasteiger partial charge in [-0.05, 0) is 62.9 Å². The summed E-state index contributed by atoms with van der Waals surface area (Å²) >= 11 is 0. The van der Waals surface area contributed by atoms with E-state index in [2.05, 4.69) is 65.7 Å². The van der Waals surface area contributed by atoms with Crippen molar-refractivity contribution in [1.29, 1.82) is 0 Å². The normalized spacial score (nSPS) is 15.0. The molecular formula is C39H47N3O6. The first-order valence-corrected chi connectivity index (χ1v) is 16.6. The Kier molecular flexibility index (Phi) is 12.3. The Labute approximate surface area is 283 Å². The first kappa shape index (κ1) is 36.1. The predicted octanol–water partition coefficient (Wildman–Crippen LogP) is 7.65. The van der Waals surface area contributed by atoms with Gasteiger partial charge >= 0.3 is 11.9 Å². The Morgan fingerprint density at radius 2 is 1.44 bits per heavy atom. The summed E-state index contributed by atoms with van der Waals surface area (Å²) in [6.45, 7) is 11.7. The summed E-state index contributed by atoms with van der Waals surface area (Å²) in [4.78, 5) is 41.0. The smallest absolute Gasteiger partial charge is 0.337 e. The highest BCUT2D eigenvalue weighted by Gasteiger charge is 2.41. The number of hydrogen-bond donors (Lipinski definition) is 1. The zero-order valence-corrected chi connectivity index (χ0v) is 28.8. The summed E-state index contributed by atoms with van der Waals surface area (Å²) in [5.41, 5.74) is 3.44. The molecule has 1 heterocycles. The minimum absolute atomic E-state index is 0.141. The lowest BCUT2D eigenvalue weighted by Crippen LogP contribution is -2.47. The molecule has 0 unspecified atom stereocenters. The molecule has 0 aromatic heterocycles. The van der Waals surface area contributed by atoms with E-state index in [-0.39, 0.29) is 22.8 Å². The molecule has 1 aliphatic rings. The number of methoxy groups -OCH3 is 1. The van der Waals surface area contributed by atoms with Crippen LogP contribution in [0.25, 0.3) is 0 Å². The number of nitrogens with zero attached hydrogens (tertiary/aromatic N) is 2. The lowest BCUT2D eigenvalue weighted by molar-refractivity contribution is -0.384. The predicted molar refractivity (Wildman–Crippen MR) is 187 cm³/mol. The molecule has 3 aromatic rings. The van der Waals surface area contributed by atoms with Gasteiger partial charge in [-0.15, -0.1) is 0 Å². The van der Waals surface area contributed by atoms with E-state index < -0.39 is 28.4 Å². The minimum atomic E-state index is -0.919. The van der Waals surface area contributed by atoms with Crippen LogP contribution in [0.4, 0.5) is 5.69 Å². The zero-order valence-electron chi connectivity index (χ0n) is 28.8. The number of carbonyl (C=O) groups is 2. The number of ether oxygens (including phenoxy) is 2. The van der Waals surface area contributed by atoms with Gasteiger partial charge in [-0.1, -0.05) is 93.6 Å². The lowest BCUT2D eigenvalue weighted by Gasteiger charge is -2.38. The molecule has 1 aliphatic heterocycles. The van der Waals surface area contributed by atoms with E-state index in [1.807, 2.05) is 26.0 Å². The largest absolute Gasteiger partial charge is 0.466 e. The van der Waals surface area contributed by atoms with Gasteiger partial charge in [0.15, 0.2) is 0 Å². The van der Waals surface area contributed by atoms with Crippen molar-refractivity contribution in [2.24, 2.45) is 0 Å². The SMILES string of the molecule is CCN(CCC(c1ccccc1)c1ccccc1)CC(CC)(CC)OC(=O)C1=C(C)NC(C)=C(C(=O)OC)[C@H]1c1cccc([N+](=O)[O-])c1. The van der Waals surface area contributed by atoms with Crippen molar-refractivity contribution in [3.8, 4) is 0 Å². The Hall–Kier alpha value is -4.76. The number of nitrogens with one attached hydrogen (secondary N) is 1. The molecule has 0 radical (unpaired) electrons. The van der Waals surface area contributed by atoms with Crippen LogP contribution in [0.2, 0.25) is 0 Å². The maximum absolute atomic E-state index is 14.4. The molecule has 0 spiro atoms. The van der Waals surface area contributed by atoms with Gasteiger partial charge in [0.1, 0.15) is 5.60 Å². The van der Waals surface area contributed by atoms with Gasteiger partial charge in [-0.25, -0.2) is 9.59 Å². The molecule has 0 amide bonds. The fraction of sp³-hybridized carbons (Fsp3) is 0.385. The number of rotatable bonds is 15. The third kappa shape index (κ3) is 8.20.